The number of hydrogen-bond acceptors (Lipinski definition) is 4. The molecule has 6 nitrogen and oxygen atoms in total. The molecule has 1 rings (SSSR count). The maximum Gasteiger partial charge on any atom is 0.412 e. The molecule has 2 N–H and O–H groups in total. The number of carboxylic acid groups (broad SMARTS) is 1. The van der Waals surface area contributed by atoms with E-state index < -0.39 is 12.1 Å². The molecule has 0 aliphatic carbocycles. The number of carboxylic acids is 1. The van der Waals surface area contributed by atoms with E-state index in [2.05, 4.69) is 32.8 Å². The molecule has 1 amide bonds. The van der Waals surface area contributed by atoms with E-state index in [1.165, 1.54) is 12.1 Å². The minimum atomic E-state index is -1.14. The summed E-state index contributed by atoms with van der Waals surface area (Å²) in [7, 11) is 0. The first-order chi connectivity index (χ1) is 8.45. The van der Waals surface area contributed by atoms with E-state index in [9.17, 15) is 9.59 Å². The van der Waals surface area contributed by atoms with Crippen LogP contribution >= 0.6 is 15.9 Å². The van der Waals surface area contributed by atoms with Crippen LogP contribution in [0.2, 0.25) is 0 Å². The maximum atomic E-state index is 11.3. The lowest BCUT2D eigenvalue weighted by Crippen LogP contribution is -2.16. The Morgan fingerprint density at radius 1 is 1.67 bits per heavy atom. The minimum absolute atomic E-state index is 0.0864. The van der Waals surface area contributed by atoms with Crippen LogP contribution < -0.4 is 5.32 Å². The van der Waals surface area contributed by atoms with Gasteiger partial charge in [-0.05, 0) is 28.9 Å². The summed E-state index contributed by atoms with van der Waals surface area (Å²) in [6.45, 7) is 5.08. The molecule has 0 spiro atoms. The Morgan fingerprint density at radius 3 is 2.83 bits per heavy atom. The van der Waals surface area contributed by atoms with E-state index in [1.807, 2.05) is 0 Å². The summed E-state index contributed by atoms with van der Waals surface area (Å²) >= 11 is 3.17. The van der Waals surface area contributed by atoms with Crippen molar-refractivity contribution in [3.63, 3.8) is 0 Å². The standard InChI is InChI=1S/C11H11BrN2O4/c1-3-4-18-11(17)14-9-6(2)13-8(10(15)16)5-7(9)12/h3,5H,1,4H2,2H3,(H,14,17)(H,15,16). The monoisotopic (exact) mass is 314 g/mol. The second-order valence-corrected chi connectivity index (χ2v) is 4.12. The smallest absolute Gasteiger partial charge is 0.412 e. The Balaban J connectivity index is 2.93. The number of nitrogens with zero attached hydrogens (tertiary/aromatic N) is 1. The van der Waals surface area contributed by atoms with Crippen LogP contribution in [0, 0.1) is 6.92 Å². The van der Waals surface area contributed by atoms with Gasteiger partial charge in [-0.3, -0.25) is 5.32 Å². The van der Waals surface area contributed by atoms with E-state index in [0.29, 0.717) is 15.9 Å². The van der Waals surface area contributed by atoms with Crippen molar-refractivity contribution >= 4 is 33.7 Å². The Kier molecular flexibility index (Phi) is 4.85. The number of halogens is 1. The van der Waals surface area contributed by atoms with Gasteiger partial charge in [-0.15, -0.1) is 0 Å². The Morgan fingerprint density at radius 2 is 2.33 bits per heavy atom. The SMILES string of the molecule is C=CCOC(=O)Nc1c(Br)cc(C(=O)O)nc1C. The number of hydrogen-bond donors (Lipinski definition) is 2. The van der Waals surface area contributed by atoms with Crippen LogP contribution in [0.5, 0.6) is 0 Å². The molecular formula is C11H11BrN2O4. The second-order valence-electron chi connectivity index (χ2n) is 3.27. The van der Waals surface area contributed by atoms with E-state index in [1.54, 1.807) is 6.92 Å². The molecule has 0 fully saturated rings. The quantitative estimate of drug-likeness (QED) is 0.834. The zero-order chi connectivity index (χ0) is 13.7. The second kappa shape index (κ2) is 6.15. The lowest BCUT2D eigenvalue weighted by Gasteiger charge is -2.10. The highest BCUT2D eigenvalue weighted by atomic mass is 79.9. The van der Waals surface area contributed by atoms with E-state index >= 15 is 0 Å². The zero-order valence-corrected chi connectivity index (χ0v) is 11.2. The number of amides is 1. The molecule has 96 valence electrons. The molecule has 7 heteroatoms. The van der Waals surface area contributed by atoms with Gasteiger partial charge in [0, 0.05) is 4.47 Å². The zero-order valence-electron chi connectivity index (χ0n) is 9.57. The lowest BCUT2D eigenvalue weighted by molar-refractivity contribution is 0.0690. The number of ether oxygens (including phenoxy) is 1. The summed E-state index contributed by atoms with van der Waals surface area (Å²) in [6, 6.07) is 1.30. The van der Waals surface area contributed by atoms with Gasteiger partial charge in [0.15, 0.2) is 0 Å². The van der Waals surface area contributed by atoms with Crippen molar-refractivity contribution < 1.29 is 19.4 Å². The largest absolute Gasteiger partial charge is 0.477 e. The molecule has 0 saturated heterocycles. The van der Waals surface area contributed by atoms with Gasteiger partial charge in [0.25, 0.3) is 0 Å². The predicted octanol–water partition coefficient (Wildman–Crippen LogP) is 2.59. The lowest BCUT2D eigenvalue weighted by atomic mass is 10.2. The highest BCUT2D eigenvalue weighted by Gasteiger charge is 2.14. The summed E-state index contributed by atoms with van der Waals surface area (Å²) in [6.07, 6.45) is 0.774. The molecule has 1 heterocycles. The third-order valence-corrected chi connectivity index (χ3v) is 2.56. The van der Waals surface area contributed by atoms with Crippen LogP contribution in [0.25, 0.3) is 0 Å². The van der Waals surface area contributed by atoms with Crippen LogP contribution in [0.15, 0.2) is 23.2 Å². The van der Waals surface area contributed by atoms with Gasteiger partial charge in [-0.1, -0.05) is 12.7 Å². The first kappa shape index (κ1) is 14.2. The van der Waals surface area contributed by atoms with Crippen LogP contribution in [-0.4, -0.2) is 28.8 Å². The molecule has 0 unspecified atom stereocenters. The van der Waals surface area contributed by atoms with Gasteiger partial charge in [0.05, 0.1) is 11.4 Å². The molecule has 0 aliphatic rings. The van der Waals surface area contributed by atoms with Crippen molar-refractivity contribution in [2.75, 3.05) is 11.9 Å². The highest BCUT2D eigenvalue weighted by molar-refractivity contribution is 9.10. The first-order valence-electron chi connectivity index (χ1n) is 4.90. The van der Waals surface area contributed by atoms with E-state index in [0.717, 1.165) is 0 Å². The molecule has 0 atom stereocenters. The summed E-state index contributed by atoms with van der Waals surface area (Å²) in [5, 5.41) is 11.3. The predicted molar refractivity (Wildman–Crippen MR) is 68.8 cm³/mol. The van der Waals surface area contributed by atoms with Crippen LogP contribution in [-0.2, 0) is 4.74 Å². The number of nitrogens with one attached hydrogen (secondary N) is 1. The van der Waals surface area contributed by atoms with Gasteiger partial charge in [-0.2, -0.15) is 0 Å². The average molecular weight is 315 g/mol. The summed E-state index contributed by atoms with van der Waals surface area (Å²) in [5.41, 5.74) is 0.635. The molecule has 0 saturated carbocycles. The highest BCUT2D eigenvalue weighted by Crippen LogP contribution is 2.26. The summed E-state index contributed by atoms with van der Waals surface area (Å²) in [4.78, 5) is 26.0. The maximum absolute atomic E-state index is 11.3. The number of pyridine rings is 1. The fraction of sp³-hybridized carbons (Fsp3) is 0.182. The topological polar surface area (TPSA) is 88.5 Å². The van der Waals surface area contributed by atoms with Crippen LogP contribution in [0.4, 0.5) is 10.5 Å². The Bertz CT molecular complexity index is 479. The van der Waals surface area contributed by atoms with Crippen molar-refractivity contribution in [1.29, 1.82) is 0 Å². The molecule has 0 bridgehead atoms. The number of aromatic carboxylic acids is 1. The van der Waals surface area contributed by atoms with Crippen molar-refractivity contribution in [1.82, 2.24) is 4.98 Å². The van der Waals surface area contributed by atoms with Gasteiger partial charge >= 0.3 is 12.1 Å². The number of carbonyl (C=O) groups is 2. The Labute approximate surface area is 112 Å². The van der Waals surface area contributed by atoms with Crippen molar-refractivity contribution in [3.8, 4) is 0 Å². The van der Waals surface area contributed by atoms with Gasteiger partial charge in [0.1, 0.15) is 12.3 Å². The number of rotatable bonds is 4. The molecule has 1 aromatic heterocycles. The van der Waals surface area contributed by atoms with Crippen molar-refractivity contribution in [3.05, 3.63) is 34.6 Å². The average Bonchev–Trinajstić information content (AvgIpc) is 2.30. The fourth-order valence-electron chi connectivity index (χ4n) is 1.17. The molecular weight excluding hydrogens is 304 g/mol. The molecule has 1 aromatic rings. The van der Waals surface area contributed by atoms with Crippen LogP contribution in [0.3, 0.4) is 0 Å². The van der Waals surface area contributed by atoms with E-state index in [4.69, 9.17) is 9.84 Å². The number of carbonyl (C=O) groups excluding carboxylic acids is 1. The van der Waals surface area contributed by atoms with E-state index in [-0.39, 0.29) is 12.3 Å². The summed E-state index contributed by atoms with van der Waals surface area (Å²) < 4.78 is 5.17. The third kappa shape index (κ3) is 3.56. The van der Waals surface area contributed by atoms with Crippen LogP contribution in [0.1, 0.15) is 16.2 Å². The normalized spacial score (nSPS) is 9.67. The Hall–Kier alpha value is -1.89. The van der Waals surface area contributed by atoms with Gasteiger partial charge < -0.3 is 9.84 Å². The third-order valence-electron chi connectivity index (χ3n) is 1.93. The molecule has 0 radical (unpaired) electrons. The number of anilines is 1. The number of aryl methyl sites for hydroxylation is 1. The molecule has 18 heavy (non-hydrogen) atoms. The first-order valence-corrected chi connectivity index (χ1v) is 5.70. The van der Waals surface area contributed by atoms with Crippen molar-refractivity contribution in [2.24, 2.45) is 0 Å². The fourth-order valence-corrected chi connectivity index (χ4v) is 1.77. The number of aromatic nitrogens is 1. The van der Waals surface area contributed by atoms with Crippen molar-refractivity contribution in [2.45, 2.75) is 6.92 Å². The summed E-state index contributed by atoms with van der Waals surface area (Å²) in [5.74, 6) is -1.14. The van der Waals surface area contributed by atoms with Gasteiger partial charge in [0.2, 0.25) is 0 Å². The molecule has 0 aromatic carbocycles. The molecule has 0 aliphatic heterocycles. The van der Waals surface area contributed by atoms with Gasteiger partial charge in [-0.25, -0.2) is 14.6 Å². The minimum Gasteiger partial charge on any atom is -0.477 e.